The van der Waals surface area contributed by atoms with Crippen LogP contribution in [-0.4, -0.2) is 36.1 Å². The molecule has 0 radical (unpaired) electrons. The van der Waals surface area contributed by atoms with E-state index in [1.54, 1.807) is 0 Å². The summed E-state index contributed by atoms with van der Waals surface area (Å²) < 4.78 is 1.87. The third-order valence-corrected chi connectivity index (χ3v) is 6.67. The van der Waals surface area contributed by atoms with E-state index in [1.165, 1.54) is 24.8 Å². The molecule has 2 aromatic carbocycles. The number of nitrogens with one attached hydrogen (secondary N) is 1. The molecule has 7 nitrogen and oxygen atoms in total. The van der Waals surface area contributed by atoms with Crippen molar-refractivity contribution >= 4 is 10.9 Å². The number of pyridine rings is 1. The largest absolute Gasteiger partial charge is 0.322 e. The van der Waals surface area contributed by atoms with Gasteiger partial charge in [-0.2, -0.15) is 0 Å². The molecule has 170 valence electrons. The van der Waals surface area contributed by atoms with E-state index in [9.17, 15) is 4.79 Å². The maximum atomic E-state index is 12.9. The molecule has 0 saturated heterocycles. The van der Waals surface area contributed by atoms with Crippen LogP contribution in [0.4, 0.5) is 0 Å². The number of aryl methyl sites for hydroxylation is 1. The second kappa shape index (κ2) is 9.67. The third kappa shape index (κ3) is 5.03. The second-order valence-electron chi connectivity index (χ2n) is 9.15. The van der Waals surface area contributed by atoms with Crippen LogP contribution in [0.25, 0.3) is 10.9 Å². The van der Waals surface area contributed by atoms with E-state index >= 15 is 0 Å². The van der Waals surface area contributed by atoms with Crippen molar-refractivity contribution in [2.45, 2.75) is 64.7 Å². The minimum absolute atomic E-state index is 0.0176. The van der Waals surface area contributed by atoms with Crippen LogP contribution in [0.2, 0.25) is 0 Å². The number of aromatic amines is 1. The molecule has 1 aliphatic carbocycles. The number of hydrogen-bond acceptors (Lipinski definition) is 5. The summed E-state index contributed by atoms with van der Waals surface area (Å²) in [6.07, 6.45) is 6.02. The van der Waals surface area contributed by atoms with Crippen molar-refractivity contribution in [3.63, 3.8) is 0 Å². The van der Waals surface area contributed by atoms with Crippen LogP contribution < -0.4 is 5.56 Å². The maximum absolute atomic E-state index is 12.9. The summed E-state index contributed by atoms with van der Waals surface area (Å²) in [5, 5.41) is 13.6. The zero-order valence-electron chi connectivity index (χ0n) is 19.1. The Morgan fingerprint density at radius 2 is 1.85 bits per heavy atom. The lowest BCUT2D eigenvalue weighted by atomic mass is 9.93. The van der Waals surface area contributed by atoms with Gasteiger partial charge in [0.2, 0.25) is 0 Å². The minimum atomic E-state index is -0.0176. The minimum Gasteiger partial charge on any atom is -0.322 e. The lowest BCUT2D eigenvalue weighted by molar-refractivity contribution is 0.134. The summed E-state index contributed by atoms with van der Waals surface area (Å²) in [6.45, 7) is 3.92. The highest BCUT2D eigenvalue weighted by Gasteiger charge is 2.24. The molecule has 4 aromatic rings. The van der Waals surface area contributed by atoms with Crippen LogP contribution in [-0.2, 0) is 19.6 Å². The number of benzene rings is 2. The lowest BCUT2D eigenvalue weighted by Crippen LogP contribution is -2.38. The highest BCUT2D eigenvalue weighted by Crippen LogP contribution is 2.25. The van der Waals surface area contributed by atoms with E-state index in [0.717, 1.165) is 40.7 Å². The van der Waals surface area contributed by atoms with Gasteiger partial charge in [-0.25, -0.2) is 4.68 Å². The highest BCUT2D eigenvalue weighted by atomic mass is 16.1. The molecule has 0 spiro atoms. The normalized spacial score (nSPS) is 14.8. The summed E-state index contributed by atoms with van der Waals surface area (Å²) in [6, 6.07) is 18.8. The third-order valence-electron chi connectivity index (χ3n) is 6.67. The first-order valence-corrected chi connectivity index (χ1v) is 11.8. The van der Waals surface area contributed by atoms with Crippen LogP contribution in [0.15, 0.2) is 59.4 Å². The first-order valence-electron chi connectivity index (χ1n) is 11.8. The number of aromatic nitrogens is 5. The first kappa shape index (κ1) is 21.5. The van der Waals surface area contributed by atoms with Gasteiger partial charge in [-0.15, -0.1) is 5.10 Å². The van der Waals surface area contributed by atoms with E-state index in [0.29, 0.717) is 25.7 Å². The van der Waals surface area contributed by atoms with Crippen molar-refractivity contribution in [3.8, 4) is 0 Å². The average Bonchev–Trinajstić information content (AvgIpc) is 3.27. The predicted octanol–water partition coefficient (Wildman–Crippen LogP) is 4.21. The van der Waals surface area contributed by atoms with E-state index in [1.807, 2.05) is 41.1 Å². The van der Waals surface area contributed by atoms with Gasteiger partial charge in [0, 0.05) is 23.7 Å². The smallest absolute Gasteiger partial charge is 0.252 e. The molecule has 2 heterocycles. The molecule has 33 heavy (non-hydrogen) atoms. The number of H-pyrrole nitrogens is 1. The van der Waals surface area contributed by atoms with Crippen LogP contribution in [0.5, 0.6) is 0 Å². The van der Waals surface area contributed by atoms with Gasteiger partial charge in [0.05, 0.1) is 13.1 Å². The molecule has 7 heteroatoms. The Bertz CT molecular complexity index is 1270. The fourth-order valence-electron chi connectivity index (χ4n) is 4.87. The molecular formula is C26H30N6O. The first-order chi connectivity index (χ1) is 16.2. The lowest BCUT2D eigenvalue weighted by Gasteiger charge is -2.33. The summed E-state index contributed by atoms with van der Waals surface area (Å²) in [5.74, 6) is 0.831. The van der Waals surface area contributed by atoms with Gasteiger partial charge >= 0.3 is 0 Å². The van der Waals surface area contributed by atoms with Crippen molar-refractivity contribution in [1.29, 1.82) is 0 Å². The van der Waals surface area contributed by atoms with Gasteiger partial charge in [-0.05, 0) is 59.3 Å². The molecule has 1 N–H and O–H groups in total. The van der Waals surface area contributed by atoms with Crippen molar-refractivity contribution in [2.75, 3.05) is 0 Å². The van der Waals surface area contributed by atoms with E-state index < -0.39 is 0 Å². The van der Waals surface area contributed by atoms with Crippen LogP contribution in [0, 0.1) is 6.92 Å². The Kier molecular flexibility index (Phi) is 6.30. The Balaban J connectivity index is 1.43. The van der Waals surface area contributed by atoms with Gasteiger partial charge in [0.1, 0.15) is 0 Å². The number of tetrazole rings is 1. The van der Waals surface area contributed by atoms with Crippen LogP contribution in [0.3, 0.4) is 0 Å². The van der Waals surface area contributed by atoms with E-state index in [-0.39, 0.29) is 5.56 Å². The Morgan fingerprint density at radius 3 is 2.67 bits per heavy atom. The maximum Gasteiger partial charge on any atom is 0.252 e. The molecule has 0 bridgehead atoms. The van der Waals surface area contributed by atoms with Crippen molar-refractivity contribution in [2.24, 2.45) is 0 Å². The average molecular weight is 443 g/mol. The quantitative estimate of drug-likeness (QED) is 0.464. The van der Waals surface area contributed by atoms with E-state index in [2.05, 4.69) is 50.5 Å². The zero-order valence-corrected chi connectivity index (χ0v) is 19.1. The highest BCUT2D eigenvalue weighted by molar-refractivity contribution is 5.79. The molecule has 0 amide bonds. The van der Waals surface area contributed by atoms with Gasteiger partial charge < -0.3 is 4.98 Å². The standard InChI is InChI=1S/C26H30N6O/c1-19-12-13-24-21(14-19)15-22(26(33)27-24)17-31(23-10-6-3-7-11-23)18-25-28-29-30-32(25)16-20-8-4-2-5-9-20/h2,4-5,8-9,12-15,23H,3,6-7,10-11,16-18H2,1H3,(H,27,33). The molecule has 5 rings (SSSR count). The predicted molar refractivity (Wildman–Crippen MR) is 129 cm³/mol. The topological polar surface area (TPSA) is 79.7 Å². The molecular weight excluding hydrogens is 412 g/mol. The SMILES string of the molecule is Cc1ccc2[nH]c(=O)c(CN(Cc3nnnn3Cc3ccccc3)C3CCCCC3)cc2c1. The van der Waals surface area contributed by atoms with Gasteiger partial charge in [-0.1, -0.05) is 61.2 Å². The molecule has 1 saturated carbocycles. The molecule has 2 aromatic heterocycles. The fourth-order valence-corrected chi connectivity index (χ4v) is 4.87. The monoisotopic (exact) mass is 442 g/mol. The molecule has 0 atom stereocenters. The van der Waals surface area contributed by atoms with Gasteiger partial charge in [0.25, 0.3) is 5.56 Å². The zero-order chi connectivity index (χ0) is 22.6. The van der Waals surface area contributed by atoms with Gasteiger partial charge in [-0.3, -0.25) is 9.69 Å². The summed E-state index contributed by atoms with van der Waals surface area (Å²) in [5.41, 5.74) is 4.00. The molecule has 0 aliphatic heterocycles. The Morgan fingerprint density at radius 1 is 1.03 bits per heavy atom. The van der Waals surface area contributed by atoms with E-state index in [4.69, 9.17) is 0 Å². The van der Waals surface area contributed by atoms with Crippen LogP contribution in [0.1, 0.15) is 54.6 Å². The Hall–Kier alpha value is -3.32. The summed E-state index contributed by atoms with van der Waals surface area (Å²) in [4.78, 5) is 18.4. The molecule has 1 fully saturated rings. The molecule has 0 unspecified atom stereocenters. The number of hydrogen-bond donors (Lipinski definition) is 1. The Labute approximate surface area is 193 Å². The van der Waals surface area contributed by atoms with Crippen LogP contribution >= 0.6 is 0 Å². The van der Waals surface area contributed by atoms with Crippen molar-refractivity contribution in [1.82, 2.24) is 30.1 Å². The van der Waals surface area contributed by atoms with Crippen molar-refractivity contribution in [3.05, 3.63) is 87.5 Å². The number of rotatable bonds is 7. The molecule has 1 aliphatic rings. The number of nitrogens with zero attached hydrogens (tertiary/aromatic N) is 5. The summed E-state index contributed by atoms with van der Waals surface area (Å²) in [7, 11) is 0. The van der Waals surface area contributed by atoms with Crippen molar-refractivity contribution < 1.29 is 0 Å². The summed E-state index contributed by atoms with van der Waals surface area (Å²) >= 11 is 0. The second-order valence-corrected chi connectivity index (χ2v) is 9.15. The van der Waals surface area contributed by atoms with Gasteiger partial charge in [0.15, 0.2) is 5.82 Å². The number of fused-ring (bicyclic) bond motifs is 1. The fraction of sp³-hybridized carbons (Fsp3) is 0.385.